The van der Waals surface area contributed by atoms with Crippen LogP contribution < -0.4 is 10.1 Å². The molecule has 98 valence electrons. The average molecular weight is 249 g/mol. The number of rotatable bonds is 6. The normalized spacial score (nSPS) is 17.3. The van der Waals surface area contributed by atoms with Gasteiger partial charge in [-0.15, -0.1) is 0 Å². The van der Waals surface area contributed by atoms with Gasteiger partial charge in [0.15, 0.2) is 0 Å². The maximum atomic E-state index is 9.35. The molecule has 0 radical (unpaired) electrons. The van der Waals surface area contributed by atoms with Gasteiger partial charge in [-0.05, 0) is 19.1 Å². The number of fused-ring (bicyclic) bond motifs is 1. The number of hydrogen-bond donors (Lipinski definition) is 2. The molecule has 0 aromatic heterocycles. The lowest BCUT2D eigenvalue weighted by Crippen LogP contribution is -2.26. The van der Waals surface area contributed by atoms with E-state index in [2.05, 4.69) is 11.9 Å². The third kappa shape index (κ3) is 3.24. The third-order valence-electron chi connectivity index (χ3n) is 2.76. The fraction of sp³-hybridized carbons (Fsp3) is 0.429. The summed E-state index contributed by atoms with van der Waals surface area (Å²) < 4.78 is 10.9. The SMILES string of the molecule is C=C(C)COCCNC1COc2cc(O)ccc21. The molecule has 1 aromatic carbocycles. The first-order valence-corrected chi connectivity index (χ1v) is 6.08. The highest BCUT2D eigenvalue weighted by Crippen LogP contribution is 2.34. The Bertz CT molecular complexity index is 431. The molecule has 0 bridgehead atoms. The number of nitrogens with one attached hydrogen (secondary N) is 1. The van der Waals surface area contributed by atoms with Crippen LogP contribution in [0.15, 0.2) is 30.4 Å². The quantitative estimate of drug-likeness (QED) is 0.598. The van der Waals surface area contributed by atoms with Gasteiger partial charge in [-0.25, -0.2) is 0 Å². The van der Waals surface area contributed by atoms with Crippen molar-refractivity contribution in [2.24, 2.45) is 0 Å². The van der Waals surface area contributed by atoms with Crippen LogP contribution in [0.1, 0.15) is 18.5 Å². The second-order valence-corrected chi connectivity index (χ2v) is 4.55. The van der Waals surface area contributed by atoms with E-state index in [0.29, 0.717) is 19.8 Å². The molecule has 4 nitrogen and oxygen atoms in total. The molecule has 18 heavy (non-hydrogen) atoms. The molecule has 2 N–H and O–H groups in total. The van der Waals surface area contributed by atoms with Gasteiger partial charge in [-0.3, -0.25) is 0 Å². The monoisotopic (exact) mass is 249 g/mol. The Balaban J connectivity index is 1.78. The van der Waals surface area contributed by atoms with Crippen molar-refractivity contribution in [2.75, 3.05) is 26.4 Å². The molecule has 1 aliphatic heterocycles. The van der Waals surface area contributed by atoms with Crippen molar-refractivity contribution in [3.05, 3.63) is 35.9 Å². The molecule has 1 atom stereocenters. The second-order valence-electron chi connectivity index (χ2n) is 4.55. The highest BCUT2D eigenvalue weighted by molar-refractivity contribution is 5.44. The molecule has 1 heterocycles. The van der Waals surface area contributed by atoms with Crippen LogP contribution in [0.3, 0.4) is 0 Å². The zero-order valence-electron chi connectivity index (χ0n) is 10.6. The predicted octanol–water partition coefficient (Wildman–Crippen LogP) is 2.01. The summed E-state index contributed by atoms with van der Waals surface area (Å²) in [4.78, 5) is 0. The molecular weight excluding hydrogens is 230 g/mol. The van der Waals surface area contributed by atoms with Gasteiger partial charge in [0, 0.05) is 18.2 Å². The van der Waals surface area contributed by atoms with Crippen molar-refractivity contribution < 1.29 is 14.6 Å². The number of phenolic OH excluding ortho intramolecular Hbond substituents is 1. The highest BCUT2D eigenvalue weighted by Gasteiger charge is 2.23. The molecule has 1 aliphatic rings. The fourth-order valence-corrected chi connectivity index (χ4v) is 1.92. The minimum absolute atomic E-state index is 0.175. The lowest BCUT2D eigenvalue weighted by molar-refractivity contribution is 0.153. The number of benzene rings is 1. The molecule has 1 aromatic rings. The molecule has 4 heteroatoms. The van der Waals surface area contributed by atoms with Gasteiger partial charge in [0.2, 0.25) is 0 Å². The summed E-state index contributed by atoms with van der Waals surface area (Å²) in [5, 5.41) is 12.7. The van der Waals surface area contributed by atoms with Gasteiger partial charge in [-0.2, -0.15) is 0 Å². The maximum Gasteiger partial charge on any atom is 0.127 e. The van der Waals surface area contributed by atoms with Crippen LogP contribution >= 0.6 is 0 Å². The zero-order chi connectivity index (χ0) is 13.0. The third-order valence-corrected chi connectivity index (χ3v) is 2.76. The van der Waals surface area contributed by atoms with Crippen LogP contribution in [0.4, 0.5) is 0 Å². The predicted molar refractivity (Wildman–Crippen MR) is 70.0 cm³/mol. The van der Waals surface area contributed by atoms with Gasteiger partial charge in [0.25, 0.3) is 0 Å². The van der Waals surface area contributed by atoms with Crippen molar-refractivity contribution >= 4 is 0 Å². The summed E-state index contributed by atoms with van der Waals surface area (Å²) >= 11 is 0. The Morgan fingerprint density at radius 2 is 2.44 bits per heavy atom. The standard InChI is InChI=1S/C14H19NO3/c1-10(2)8-17-6-5-15-13-9-18-14-7-11(16)3-4-12(13)14/h3-4,7,13,15-16H,1,5-6,8-9H2,2H3. The van der Waals surface area contributed by atoms with Gasteiger partial charge < -0.3 is 19.9 Å². The van der Waals surface area contributed by atoms with Crippen molar-refractivity contribution in [3.8, 4) is 11.5 Å². The molecular formula is C14H19NO3. The first kappa shape index (κ1) is 12.9. The van der Waals surface area contributed by atoms with Crippen LogP contribution in [-0.4, -0.2) is 31.5 Å². The molecule has 0 saturated carbocycles. The van der Waals surface area contributed by atoms with Gasteiger partial charge >= 0.3 is 0 Å². The van der Waals surface area contributed by atoms with Crippen LogP contribution in [0.2, 0.25) is 0 Å². The van der Waals surface area contributed by atoms with Crippen LogP contribution in [0.5, 0.6) is 11.5 Å². The lowest BCUT2D eigenvalue weighted by atomic mass is 10.1. The van der Waals surface area contributed by atoms with Gasteiger partial charge in [0.05, 0.1) is 19.3 Å². The van der Waals surface area contributed by atoms with Crippen molar-refractivity contribution in [1.29, 1.82) is 0 Å². The summed E-state index contributed by atoms with van der Waals surface area (Å²) in [5.74, 6) is 0.995. The number of phenols is 1. The van der Waals surface area contributed by atoms with E-state index in [4.69, 9.17) is 9.47 Å². The van der Waals surface area contributed by atoms with E-state index in [1.54, 1.807) is 12.1 Å². The maximum absolute atomic E-state index is 9.35. The summed E-state index contributed by atoms with van der Waals surface area (Å²) in [7, 11) is 0. The molecule has 0 saturated heterocycles. The fourth-order valence-electron chi connectivity index (χ4n) is 1.92. The van der Waals surface area contributed by atoms with E-state index < -0.39 is 0 Å². The Labute approximate surface area is 107 Å². The van der Waals surface area contributed by atoms with E-state index in [-0.39, 0.29) is 11.8 Å². The van der Waals surface area contributed by atoms with Crippen molar-refractivity contribution in [2.45, 2.75) is 13.0 Å². The molecule has 0 aliphatic carbocycles. The highest BCUT2D eigenvalue weighted by atomic mass is 16.5. The van der Waals surface area contributed by atoms with Gasteiger partial charge in [0.1, 0.15) is 18.1 Å². The summed E-state index contributed by atoms with van der Waals surface area (Å²) in [5.41, 5.74) is 2.12. The summed E-state index contributed by atoms with van der Waals surface area (Å²) in [6.45, 7) is 8.34. The number of hydrogen-bond acceptors (Lipinski definition) is 4. The first-order chi connectivity index (χ1) is 8.66. The van der Waals surface area contributed by atoms with Gasteiger partial charge in [-0.1, -0.05) is 12.2 Å². The van der Waals surface area contributed by atoms with E-state index >= 15 is 0 Å². The Morgan fingerprint density at radius 1 is 1.61 bits per heavy atom. The van der Waals surface area contributed by atoms with Crippen LogP contribution in [-0.2, 0) is 4.74 Å². The zero-order valence-corrected chi connectivity index (χ0v) is 10.6. The molecule has 1 unspecified atom stereocenters. The largest absolute Gasteiger partial charge is 0.508 e. The number of aromatic hydroxyl groups is 1. The molecule has 2 rings (SSSR count). The van der Waals surface area contributed by atoms with Crippen molar-refractivity contribution in [3.63, 3.8) is 0 Å². The van der Waals surface area contributed by atoms with E-state index in [9.17, 15) is 5.11 Å². The molecule has 0 fully saturated rings. The van der Waals surface area contributed by atoms with E-state index in [1.165, 1.54) is 0 Å². The summed E-state index contributed by atoms with van der Waals surface area (Å²) in [6, 6.07) is 5.40. The van der Waals surface area contributed by atoms with Crippen molar-refractivity contribution in [1.82, 2.24) is 5.32 Å². The Morgan fingerprint density at radius 3 is 3.22 bits per heavy atom. The summed E-state index contributed by atoms with van der Waals surface area (Å²) in [6.07, 6.45) is 0. The second kappa shape index (κ2) is 5.89. The van der Waals surface area contributed by atoms with Crippen LogP contribution in [0, 0.1) is 0 Å². The first-order valence-electron chi connectivity index (χ1n) is 6.08. The minimum atomic E-state index is 0.175. The Kier molecular flexibility index (Phi) is 4.23. The Hall–Kier alpha value is -1.52. The minimum Gasteiger partial charge on any atom is -0.508 e. The van der Waals surface area contributed by atoms with E-state index in [0.717, 1.165) is 23.4 Å². The van der Waals surface area contributed by atoms with Crippen LogP contribution in [0.25, 0.3) is 0 Å². The molecule has 0 amide bonds. The lowest BCUT2D eigenvalue weighted by Gasteiger charge is -2.11. The molecule has 0 spiro atoms. The number of ether oxygens (including phenoxy) is 2. The van der Waals surface area contributed by atoms with E-state index in [1.807, 2.05) is 13.0 Å². The topological polar surface area (TPSA) is 50.7 Å². The smallest absolute Gasteiger partial charge is 0.127 e. The average Bonchev–Trinajstić information content (AvgIpc) is 2.70.